The van der Waals surface area contributed by atoms with E-state index in [4.69, 9.17) is 4.74 Å². The van der Waals surface area contributed by atoms with Crippen LogP contribution in [0.25, 0.3) is 0 Å². The summed E-state index contributed by atoms with van der Waals surface area (Å²) in [6.07, 6.45) is 7.19. The summed E-state index contributed by atoms with van der Waals surface area (Å²) in [6, 6.07) is 1.86. The molecule has 1 aromatic heterocycles. The van der Waals surface area contributed by atoms with Gasteiger partial charge in [-0.15, -0.1) is 11.3 Å². The molecule has 1 N–H and O–H groups in total. The van der Waals surface area contributed by atoms with Gasteiger partial charge in [0.15, 0.2) is 6.10 Å². The van der Waals surface area contributed by atoms with Gasteiger partial charge in [0.1, 0.15) is 4.88 Å². The van der Waals surface area contributed by atoms with Gasteiger partial charge in [-0.05, 0) is 63.0 Å². The fraction of sp³-hybridized carbons (Fsp3) is 0.529. The van der Waals surface area contributed by atoms with E-state index in [9.17, 15) is 9.59 Å². The first-order chi connectivity index (χ1) is 10.6. The first kappa shape index (κ1) is 16.7. The minimum absolute atomic E-state index is 0.237. The first-order valence-corrected chi connectivity index (χ1v) is 8.66. The van der Waals surface area contributed by atoms with Gasteiger partial charge in [0.25, 0.3) is 5.91 Å². The molecular formula is C17H23NO3S. The molecule has 1 aromatic rings. The Morgan fingerprint density at radius 2 is 2.23 bits per heavy atom. The molecule has 0 fully saturated rings. The molecule has 0 bridgehead atoms. The van der Waals surface area contributed by atoms with Crippen LogP contribution < -0.4 is 5.32 Å². The Morgan fingerprint density at radius 3 is 2.86 bits per heavy atom. The quantitative estimate of drug-likeness (QED) is 0.643. The predicted octanol–water partition coefficient (Wildman–Crippen LogP) is 3.61. The van der Waals surface area contributed by atoms with E-state index in [0.29, 0.717) is 11.4 Å². The third kappa shape index (κ3) is 4.70. The summed E-state index contributed by atoms with van der Waals surface area (Å²) in [6.45, 7) is 4.07. The van der Waals surface area contributed by atoms with E-state index in [1.165, 1.54) is 29.8 Å². The molecule has 4 nitrogen and oxygen atoms in total. The van der Waals surface area contributed by atoms with E-state index in [-0.39, 0.29) is 5.91 Å². The van der Waals surface area contributed by atoms with Crippen molar-refractivity contribution in [2.45, 2.75) is 52.1 Å². The van der Waals surface area contributed by atoms with Crippen LogP contribution in [-0.4, -0.2) is 24.5 Å². The van der Waals surface area contributed by atoms with Gasteiger partial charge in [0, 0.05) is 6.54 Å². The van der Waals surface area contributed by atoms with Gasteiger partial charge in [-0.1, -0.05) is 11.6 Å². The van der Waals surface area contributed by atoms with Crippen molar-refractivity contribution in [2.75, 3.05) is 6.54 Å². The minimum atomic E-state index is -0.769. The third-order valence-corrected chi connectivity index (χ3v) is 4.83. The molecule has 2 rings (SSSR count). The summed E-state index contributed by atoms with van der Waals surface area (Å²) in [7, 11) is 0. The number of thiophene rings is 1. The second-order valence-corrected chi connectivity index (χ2v) is 6.55. The number of hydrogen-bond donors (Lipinski definition) is 1. The van der Waals surface area contributed by atoms with Crippen molar-refractivity contribution in [3.05, 3.63) is 33.5 Å². The average molecular weight is 321 g/mol. The Morgan fingerprint density at radius 1 is 1.41 bits per heavy atom. The highest BCUT2D eigenvalue weighted by molar-refractivity contribution is 7.12. The van der Waals surface area contributed by atoms with Gasteiger partial charge in [0.2, 0.25) is 0 Å². The average Bonchev–Trinajstić information content (AvgIpc) is 2.94. The largest absolute Gasteiger partial charge is 0.448 e. The number of carbonyl (C=O) groups excluding carboxylic acids is 2. The van der Waals surface area contributed by atoms with Crippen LogP contribution in [0.1, 0.15) is 54.3 Å². The number of aryl methyl sites for hydroxylation is 1. The Bertz CT molecular complexity index is 562. The summed E-state index contributed by atoms with van der Waals surface area (Å²) in [4.78, 5) is 24.5. The molecule has 120 valence electrons. The molecule has 0 aromatic carbocycles. The van der Waals surface area contributed by atoms with Crippen LogP contribution in [0.3, 0.4) is 0 Å². The van der Waals surface area contributed by atoms with Crippen LogP contribution >= 0.6 is 11.3 Å². The number of esters is 1. The highest BCUT2D eigenvalue weighted by Gasteiger charge is 2.20. The van der Waals surface area contributed by atoms with Crippen molar-refractivity contribution >= 4 is 23.2 Å². The number of ether oxygens (including phenoxy) is 1. The van der Waals surface area contributed by atoms with Crippen molar-refractivity contribution in [1.82, 2.24) is 5.32 Å². The van der Waals surface area contributed by atoms with E-state index in [0.717, 1.165) is 24.8 Å². The van der Waals surface area contributed by atoms with Crippen molar-refractivity contribution in [1.29, 1.82) is 0 Å². The fourth-order valence-corrected chi connectivity index (χ4v) is 3.28. The molecule has 0 saturated heterocycles. The van der Waals surface area contributed by atoms with Crippen molar-refractivity contribution in [3.63, 3.8) is 0 Å². The summed E-state index contributed by atoms with van der Waals surface area (Å²) in [5.41, 5.74) is 2.30. The van der Waals surface area contributed by atoms with Crippen molar-refractivity contribution in [3.8, 4) is 0 Å². The zero-order valence-corrected chi connectivity index (χ0v) is 14.0. The summed E-state index contributed by atoms with van der Waals surface area (Å²) < 4.78 is 5.22. The van der Waals surface area contributed by atoms with Crippen LogP contribution in [0.2, 0.25) is 0 Å². The van der Waals surface area contributed by atoms with Crippen LogP contribution in [0, 0.1) is 6.92 Å². The number of allylic oxidation sites excluding steroid dienone is 1. The summed E-state index contributed by atoms with van der Waals surface area (Å²) >= 11 is 1.33. The topological polar surface area (TPSA) is 55.4 Å². The predicted molar refractivity (Wildman–Crippen MR) is 88.1 cm³/mol. The fourth-order valence-electron chi connectivity index (χ4n) is 2.47. The first-order valence-electron chi connectivity index (χ1n) is 7.78. The zero-order valence-electron chi connectivity index (χ0n) is 13.2. The second kappa shape index (κ2) is 8.13. The molecule has 0 unspecified atom stereocenters. The van der Waals surface area contributed by atoms with Gasteiger partial charge >= 0.3 is 5.97 Å². The van der Waals surface area contributed by atoms with Crippen LogP contribution in [0.15, 0.2) is 23.1 Å². The number of hydrogen-bond acceptors (Lipinski definition) is 4. The van der Waals surface area contributed by atoms with Gasteiger partial charge in [-0.25, -0.2) is 4.79 Å². The van der Waals surface area contributed by atoms with Crippen LogP contribution in [0.4, 0.5) is 0 Å². The molecule has 0 radical (unpaired) electrons. The second-order valence-electron chi connectivity index (χ2n) is 5.63. The Balaban J connectivity index is 1.73. The molecule has 5 heteroatoms. The lowest BCUT2D eigenvalue weighted by Gasteiger charge is -2.15. The molecule has 1 amide bonds. The van der Waals surface area contributed by atoms with E-state index in [1.807, 2.05) is 18.4 Å². The molecule has 1 atom stereocenters. The Hall–Kier alpha value is -1.62. The SMILES string of the molecule is Cc1ccsc1C(=O)O[C@@H](C)C(=O)NCCC1=CCCCC1. The third-order valence-electron chi connectivity index (χ3n) is 3.83. The molecule has 0 aliphatic heterocycles. The summed E-state index contributed by atoms with van der Waals surface area (Å²) in [5, 5.41) is 4.68. The number of amides is 1. The molecular weight excluding hydrogens is 298 g/mol. The van der Waals surface area contributed by atoms with Gasteiger partial charge in [-0.2, -0.15) is 0 Å². The lowest BCUT2D eigenvalue weighted by Crippen LogP contribution is -2.36. The summed E-state index contributed by atoms with van der Waals surface area (Å²) in [5.74, 6) is -0.663. The van der Waals surface area contributed by atoms with Gasteiger partial charge in [0.05, 0.1) is 0 Å². The molecule has 1 heterocycles. The van der Waals surface area contributed by atoms with Crippen molar-refractivity contribution in [2.24, 2.45) is 0 Å². The molecule has 1 aliphatic carbocycles. The van der Waals surface area contributed by atoms with E-state index in [2.05, 4.69) is 11.4 Å². The normalized spacial score (nSPS) is 15.8. The standard InChI is InChI=1S/C17H23NO3S/c1-12-9-11-22-15(12)17(20)21-13(2)16(19)18-10-8-14-6-4-3-5-7-14/h6,9,11,13H,3-5,7-8,10H2,1-2H3,(H,18,19)/t13-/m0/s1. The number of nitrogens with one attached hydrogen (secondary N) is 1. The maximum atomic E-state index is 12.0. The van der Waals surface area contributed by atoms with Crippen LogP contribution in [-0.2, 0) is 9.53 Å². The van der Waals surface area contributed by atoms with E-state index >= 15 is 0 Å². The lowest BCUT2D eigenvalue weighted by atomic mass is 9.97. The number of carbonyl (C=O) groups is 2. The highest BCUT2D eigenvalue weighted by atomic mass is 32.1. The maximum absolute atomic E-state index is 12.0. The van der Waals surface area contributed by atoms with Gasteiger partial charge < -0.3 is 10.1 Å². The highest BCUT2D eigenvalue weighted by Crippen LogP contribution is 2.19. The zero-order chi connectivity index (χ0) is 15.9. The minimum Gasteiger partial charge on any atom is -0.448 e. The number of rotatable bonds is 6. The molecule has 22 heavy (non-hydrogen) atoms. The Labute approximate surface area is 135 Å². The van der Waals surface area contributed by atoms with E-state index < -0.39 is 12.1 Å². The lowest BCUT2D eigenvalue weighted by molar-refractivity contribution is -0.129. The van der Waals surface area contributed by atoms with Crippen molar-refractivity contribution < 1.29 is 14.3 Å². The smallest absolute Gasteiger partial charge is 0.349 e. The molecule has 1 aliphatic rings. The maximum Gasteiger partial charge on any atom is 0.349 e. The van der Waals surface area contributed by atoms with E-state index in [1.54, 1.807) is 6.92 Å². The molecule has 0 spiro atoms. The Kier molecular flexibility index (Phi) is 6.19. The monoisotopic (exact) mass is 321 g/mol. The van der Waals surface area contributed by atoms with Crippen LogP contribution in [0.5, 0.6) is 0 Å². The molecule has 0 saturated carbocycles. The van der Waals surface area contributed by atoms with Gasteiger partial charge in [-0.3, -0.25) is 4.79 Å².